The third-order valence-electron chi connectivity index (χ3n) is 6.02. The van der Waals surface area contributed by atoms with E-state index in [1.165, 1.54) is 0 Å². The van der Waals surface area contributed by atoms with E-state index in [1.807, 2.05) is 49.4 Å². The zero-order valence-electron chi connectivity index (χ0n) is 21.6. The first kappa shape index (κ1) is 32.7. The minimum Gasteiger partial charge on any atom is -0.508 e. The van der Waals surface area contributed by atoms with Gasteiger partial charge in [0.05, 0.1) is 6.04 Å². The molecule has 10 heteroatoms. The van der Waals surface area contributed by atoms with Crippen LogP contribution in [0, 0.1) is 6.92 Å². The van der Waals surface area contributed by atoms with E-state index < -0.39 is 12.1 Å². The van der Waals surface area contributed by atoms with Crippen LogP contribution in [0.1, 0.15) is 35.7 Å². The van der Waals surface area contributed by atoms with Crippen LogP contribution in [0.3, 0.4) is 0 Å². The number of phenolic OH excluding ortho intramolecular Hbond substituents is 1. The summed E-state index contributed by atoms with van der Waals surface area (Å²) < 4.78 is 0. The van der Waals surface area contributed by atoms with Gasteiger partial charge in [-0.1, -0.05) is 48.5 Å². The molecule has 1 aromatic heterocycles. The van der Waals surface area contributed by atoms with Gasteiger partial charge >= 0.3 is 0 Å². The number of anilines is 1. The second-order valence-electron chi connectivity index (χ2n) is 8.88. The van der Waals surface area contributed by atoms with Gasteiger partial charge in [-0.3, -0.25) is 9.59 Å². The number of phenols is 1. The number of aryl methyl sites for hydroxylation is 2. The number of amides is 2. The lowest BCUT2D eigenvalue weighted by Gasteiger charge is -2.21. The van der Waals surface area contributed by atoms with E-state index in [2.05, 4.69) is 20.9 Å². The maximum atomic E-state index is 13.1. The maximum absolute atomic E-state index is 13.1. The molecule has 8 nitrogen and oxygen atoms in total. The molecule has 0 aliphatic carbocycles. The SMILES string of the molecule is Cc1nc(N)ccc1CNC(=O)[C@H](C)NC(=O)[C@@H](CCc1ccccc1)NCCc1cccc(O)c1.Cl.Cl. The molecule has 2 amide bonds. The zero-order chi connectivity index (χ0) is 25.9. The molecule has 0 radical (unpaired) electrons. The molecule has 0 spiro atoms. The summed E-state index contributed by atoms with van der Waals surface area (Å²) in [5.74, 6) is 0.146. The van der Waals surface area contributed by atoms with Crippen molar-refractivity contribution < 1.29 is 14.7 Å². The van der Waals surface area contributed by atoms with E-state index in [0.29, 0.717) is 31.7 Å². The van der Waals surface area contributed by atoms with Crippen LogP contribution in [-0.2, 0) is 29.0 Å². The predicted molar refractivity (Wildman–Crippen MR) is 156 cm³/mol. The van der Waals surface area contributed by atoms with Crippen molar-refractivity contribution in [2.75, 3.05) is 12.3 Å². The first-order chi connectivity index (χ1) is 17.3. The summed E-state index contributed by atoms with van der Waals surface area (Å²) in [6, 6.07) is 19.4. The topological polar surface area (TPSA) is 129 Å². The third kappa shape index (κ3) is 10.6. The molecule has 206 valence electrons. The largest absolute Gasteiger partial charge is 0.508 e. The Morgan fingerprint density at radius 3 is 2.34 bits per heavy atom. The molecule has 2 aromatic carbocycles. The Balaban J connectivity index is 0.00000361. The second kappa shape index (κ2) is 16.5. The van der Waals surface area contributed by atoms with Gasteiger partial charge < -0.3 is 26.8 Å². The number of carbonyl (C=O) groups excluding carboxylic acids is 2. The van der Waals surface area contributed by atoms with Gasteiger partial charge in [0.15, 0.2) is 0 Å². The molecule has 38 heavy (non-hydrogen) atoms. The number of aromatic hydroxyl groups is 1. The van der Waals surface area contributed by atoms with Crippen LogP contribution >= 0.6 is 24.8 Å². The number of pyridine rings is 1. The molecule has 0 saturated carbocycles. The normalized spacial score (nSPS) is 11.8. The highest BCUT2D eigenvalue weighted by Gasteiger charge is 2.22. The summed E-state index contributed by atoms with van der Waals surface area (Å²) >= 11 is 0. The number of carbonyl (C=O) groups is 2. The van der Waals surface area contributed by atoms with Gasteiger partial charge in [-0.05, 0) is 74.5 Å². The monoisotopic (exact) mass is 561 g/mol. The van der Waals surface area contributed by atoms with Gasteiger partial charge in [0.1, 0.15) is 17.6 Å². The van der Waals surface area contributed by atoms with Crippen LogP contribution in [0.5, 0.6) is 5.75 Å². The van der Waals surface area contributed by atoms with E-state index in [0.717, 1.165) is 28.8 Å². The van der Waals surface area contributed by atoms with Crippen molar-refractivity contribution in [1.82, 2.24) is 20.9 Å². The average molecular weight is 563 g/mol. The minimum atomic E-state index is -0.702. The summed E-state index contributed by atoms with van der Waals surface area (Å²) in [5, 5.41) is 18.7. The number of hydrogen-bond donors (Lipinski definition) is 5. The second-order valence-corrected chi connectivity index (χ2v) is 8.88. The standard InChI is InChI=1S/C28H35N5O3.2ClH/c1-19-23(12-14-26(29)32-19)18-31-27(35)20(2)33-28(36)25(13-11-21-7-4-3-5-8-21)30-16-15-22-9-6-10-24(34)17-22;;/h3-10,12,14,17,20,25,30,34H,11,13,15-16,18H2,1-2H3,(H2,29,32)(H,31,35)(H,33,36);2*1H/t20-,25+;;/m0../s1. The summed E-state index contributed by atoms with van der Waals surface area (Å²) in [6.07, 6.45) is 1.97. The number of nitrogen functional groups attached to an aromatic ring is 1. The Morgan fingerprint density at radius 2 is 1.66 bits per heavy atom. The van der Waals surface area contributed by atoms with E-state index >= 15 is 0 Å². The maximum Gasteiger partial charge on any atom is 0.242 e. The fourth-order valence-corrected chi connectivity index (χ4v) is 3.90. The van der Waals surface area contributed by atoms with Crippen LogP contribution < -0.4 is 21.7 Å². The third-order valence-corrected chi connectivity index (χ3v) is 6.02. The summed E-state index contributed by atoms with van der Waals surface area (Å²) in [5.41, 5.74) is 9.43. The molecule has 0 saturated heterocycles. The zero-order valence-corrected chi connectivity index (χ0v) is 23.3. The van der Waals surface area contributed by atoms with Crippen molar-refractivity contribution >= 4 is 42.4 Å². The minimum absolute atomic E-state index is 0. The highest BCUT2D eigenvalue weighted by Crippen LogP contribution is 2.12. The van der Waals surface area contributed by atoms with E-state index in [1.54, 1.807) is 31.2 Å². The van der Waals surface area contributed by atoms with E-state index in [4.69, 9.17) is 5.73 Å². The van der Waals surface area contributed by atoms with Crippen LogP contribution in [0.4, 0.5) is 5.82 Å². The lowest BCUT2D eigenvalue weighted by atomic mass is 10.0. The molecule has 6 N–H and O–H groups in total. The van der Waals surface area contributed by atoms with Crippen LogP contribution in [0.25, 0.3) is 0 Å². The fourth-order valence-electron chi connectivity index (χ4n) is 3.90. The van der Waals surface area contributed by atoms with Crippen LogP contribution in [-0.4, -0.2) is 40.5 Å². The fraction of sp³-hybridized carbons (Fsp3) is 0.321. The quantitative estimate of drug-likeness (QED) is 0.230. The number of nitrogens with one attached hydrogen (secondary N) is 3. The Bertz CT molecular complexity index is 1160. The molecule has 0 fully saturated rings. The molecule has 1 heterocycles. The first-order valence-electron chi connectivity index (χ1n) is 12.2. The van der Waals surface area contributed by atoms with Crippen molar-refractivity contribution in [3.8, 4) is 5.75 Å². The van der Waals surface area contributed by atoms with Crippen molar-refractivity contribution in [2.24, 2.45) is 0 Å². The predicted octanol–water partition coefficient (Wildman–Crippen LogP) is 3.48. The molecule has 0 aliphatic rings. The molecule has 2 atom stereocenters. The van der Waals surface area contributed by atoms with E-state index in [9.17, 15) is 14.7 Å². The Morgan fingerprint density at radius 1 is 0.947 bits per heavy atom. The Kier molecular flexibility index (Phi) is 14.2. The number of nitrogens with zero attached hydrogens (tertiary/aromatic N) is 1. The number of hydrogen-bond acceptors (Lipinski definition) is 6. The highest BCUT2D eigenvalue weighted by atomic mass is 35.5. The number of halogens is 2. The van der Waals surface area contributed by atoms with Gasteiger partial charge in [-0.25, -0.2) is 4.98 Å². The number of aromatic nitrogens is 1. The number of benzene rings is 2. The van der Waals surface area contributed by atoms with Crippen molar-refractivity contribution in [3.05, 3.63) is 89.1 Å². The molecular weight excluding hydrogens is 525 g/mol. The lowest BCUT2D eigenvalue weighted by Crippen LogP contribution is -2.52. The van der Waals surface area contributed by atoms with Gasteiger partial charge in [0.25, 0.3) is 0 Å². The summed E-state index contributed by atoms with van der Waals surface area (Å²) in [4.78, 5) is 30.0. The van der Waals surface area contributed by atoms with Gasteiger partial charge in [0, 0.05) is 12.2 Å². The summed E-state index contributed by atoms with van der Waals surface area (Å²) in [7, 11) is 0. The Hall–Kier alpha value is -3.33. The molecule has 0 bridgehead atoms. The first-order valence-corrected chi connectivity index (χ1v) is 12.2. The average Bonchev–Trinajstić information content (AvgIpc) is 2.86. The lowest BCUT2D eigenvalue weighted by molar-refractivity contribution is -0.129. The van der Waals surface area contributed by atoms with Gasteiger partial charge in [0.2, 0.25) is 11.8 Å². The molecule has 3 aromatic rings. The highest BCUT2D eigenvalue weighted by molar-refractivity contribution is 5.89. The number of nitrogens with two attached hydrogens (primary N) is 1. The number of rotatable bonds is 12. The molecule has 0 aliphatic heterocycles. The van der Waals surface area contributed by atoms with Crippen LogP contribution in [0.2, 0.25) is 0 Å². The van der Waals surface area contributed by atoms with E-state index in [-0.39, 0.29) is 42.4 Å². The molecule has 3 rings (SSSR count). The molecular formula is C28H37Cl2N5O3. The van der Waals surface area contributed by atoms with Crippen molar-refractivity contribution in [1.29, 1.82) is 0 Å². The van der Waals surface area contributed by atoms with Gasteiger partial charge in [-0.15, -0.1) is 24.8 Å². The Labute approximate surface area is 236 Å². The van der Waals surface area contributed by atoms with Crippen LogP contribution in [0.15, 0.2) is 66.7 Å². The van der Waals surface area contributed by atoms with Crippen molar-refractivity contribution in [3.63, 3.8) is 0 Å². The van der Waals surface area contributed by atoms with Gasteiger partial charge in [-0.2, -0.15) is 0 Å². The molecule has 0 unspecified atom stereocenters. The summed E-state index contributed by atoms with van der Waals surface area (Å²) in [6.45, 7) is 4.36. The van der Waals surface area contributed by atoms with Crippen molar-refractivity contribution in [2.45, 2.75) is 51.7 Å². The smallest absolute Gasteiger partial charge is 0.242 e.